The summed E-state index contributed by atoms with van der Waals surface area (Å²) in [4.78, 5) is 29.1. The number of thiophene rings is 1. The Morgan fingerprint density at radius 3 is 2.56 bits per heavy atom. The van der Waals surface area contributed by atoms with Crippen molar-refractivity contribution in [1.29, 1.82) is 0 Å². The lowest BCUT2D eigenvalue weighted by Gasteiger charge is -2.43. The zero-order valence-corrected chi connectivity index (χ0v) is 16.7. The highest BCUT2D eigenvalue weighted by Gasteiger charge is 2.43. The minimum Gasteiger partial charge on any atom is -0.497 e. The number of hydrogen-bond donors (Lipinski definition) is 1. The molecule has 1 aliphatic rings. The van der Waals surface area contributed by atoms with Crippen LogP contribution in [0.3, 0.4) is 0 Å². The minimum atomic E-state index is -0.735. The van der Waals surface area contributed by atoms with Gasteiger partial charge in [-0.3, -0.25) is 9.59 Å². The first-order valence-electron chi connectivity index (χ1n) is 8.91. The first-order chi connectivity index (χ1) is 12.9. The Morgan fingerprint density at radius 2 is 1.96 bits per heavy atom. The highest BCUT2D eigenvalue weighted by molar-refractivity contribution is 7.08. The average Bonchev–Trinajstić information content (AvgIpc) is 3.22. The number of rotatable bonds is 5. The first kappa shape index (κ1) is 19.2. The smallest absolute Gasteiger partial charge is 0.254 e. The van der Waals surface area contributed by atoms with Crippen LogP contribution in [0.25, 0.3) is 0 Å². The van der Waals surface area contributed by atoms with Gasteiger partial charge in [-0.15, -0.1) is 0 Å². The minimum absolute atomic E-state index is 0.0213. The number of nitrogens with one attached hydrogen (secondary N) is 1. The van der Waals surface area contributed by atoms with Crippen LogP contribution in [-0.4, -0.2) is 61.4 Å². The van der Waals surface area contributed by atoms with E-state index in [2.05, 4.69) is 5.32 Å². The van der Waals surface area contributed by atoms with E-state index >= 15 is 0 Å². The van der Waals surface area contributed by atoms with E-state index in [4.69, 9.17) is 4.74 Å². The fourth-order valence-electron chi connectivity index (χ4n) is 3.46. The Labute approximate surface area is 163 Å². The van der Waals surface area contributed by atoms with E-state index in [1.165, 1.54) is 11.3 Å². The van der Waals surface area contributed by atoms with Gasteiger partial charge in [0.15, 0.2) is 0 Å². The van der Waals surface area contributed by atoms with Gasteiger partial charge in [0.1, 0.15) is 11.3 Å². The molecule has 6 nitrogen and oxygen atoms in total. The van der Waals surface area contributed by atoms with Crippen LogP contribution >= 0.6 is 11.3 Å². The lowest BCUT2D eigenvalue weighted by molar-refractivity contribution is -0.135. The first-order valence-corrected chi connectivity index (χ1v) is 9.85. The van der Waals surface area contributed by atoms with Crippen molar-refractivity contribution in [2.45, 2.75) is 18.4 Å². The van der Waals surface area contributed by atoms with Crippen LogP contribution < -0.4 is 10.1 Å². The van der Waals surface area contributed by atoms with Crippen molar-refractivity contribution in [1.82, 2.24) is 9.80 Å². The molecule has 1 aliphatic heterocycles. The summed E-state index contributed by atoms with van der Waals surface area (Å²) >= 11 is 1.51. The van der Waals surface area contributed by atoms with Crippen LogP contribution in [0.4, 0.5) is 5.69 Å². The Balaban J connectivity index is 1.79. The van der Waals surface area contributed by atoms with Gasteiger partial charge in [0.2, 0.25) is 5.91 Å². The van der Waals surface area contributed by atoms with Crippen molar-refractivity contribution >= 4 is 28.8 Å². The van der Waals surface area contributed by atoms with E-state index in [0.717, 1.165) is 11.4 Å². The lowest BCUT2D eigenvalue weighted by Crippen LogP contribution is -2.58. The maximum Gasteiger partial charge on any atom is 0.254 e. The summed E-state index contributed by atoms with van der Waals surface area (Å²) in [6.07, 6.45) is 1.11. The molecule has 144 valence electrons. The van der Waals surface area contributed by atoms with Crippen molar-refractivity contribution in [3.05, 3.63) is 46.7 Å². The van der Waals surface area contributed by atoms with Gasteiger partial charge in [-0.25, -0.2) is 0 Å². The molecule has 2 aromatic rings. The monoisotopic (exact) mass is 387 g/mol. The molecule has 1 aromatic heterocycles. The van der Waals surface area contributed by atoms with Gasteiger partial charge in [-0.2, -0.15) is 11.3 Å². The number of carbonyl (C=O) groups is 2. The number of anilines is 1. The normalized spacial score (nSPS) is 15.9. The molecule has 0 unspecified atom stereocenters. The average molecular weight is 388 g/mol. The summed E-state index contributed by atoms with van der Waals surface area (Å²) in [6, 6.07) is 9.41. The second kappa shape index (κ2) is 8.00. The molecule has 7 heteroatoms. The van der Waals surface area contributed by atoms with Gasteiger partial charge in [0.05, 0.1) is 12.7 Å². The molecule has 1 N–H and O–H groups in total. The molecule has 0 atom stereocenters. The fourth-order valence-corrected chi connectivity index (χ4v) is 4.09. The molecular formula is C20H25N3O3S. The number of nitrogens with zero attached hydrogens (tertiary/aromatic N) is 2. The van der Waals surface area contributed by atoms with Crippen molar-refractivity contribution in [3.8, 4) is 5.75 Å². The van der Waals surface area contributed by atoms with Gasteiger partial charge < -0.3 is 19.9 Å². The Kier molecular flexibility index (Phi) is 5.70. The predicted octanol–water partition coefficient (Wildman–Crippen LogP) is 2.93. The van der Waals surface area contributed by atoms with Gasteiger partial charge in [0, 0.05) is 44.3 Å². The number of hydrogen-bond acceptors (Lipinski definition) is 5. The van der Waals surface area contributed by atoms with E-state index < -0.39 is 5.54 Å². The quantitative estimate of drug-likeness (QED) is 0.857. The Bertz CT molecular complexity index is 797. The van der Waals surface area contributed by atoms with Crippen LogP contribution in [0.15, 0.2) is 41.1 Å². The molecule has 2 heterocycles. The molecule has 1 fully saturated rings. The third-order valence-electron chi connectivity index (χ3n) is 4.94. The number of benzene rings is 1. The zero-order valence-electron chi connectivity index (χ0n) is 15.9. The molecule has 0 radical (unpaired) electrons. The molecular weight excluding hydrogens is 362 g/mol. The molecule has 0 aliphatic carbocycles. The number of amides is 2. The number of methoxy groups -OCH3 is 1. The molecule has 0 bridgehead atoms. The van der Waals surface area contributed by atoms with Gasteiger partial charge in [-0.1, -0.05) is 6.07 Å². The third-order valence-corrected chi connectivity index (χ3v) is 5.62. The Hall–Kier alpha value is -2.54. The van der Waals surface area contributed by atoms with Crippen LogP contribution in [0.5, 0.6) is 5.75 Å². The zero-order chi connectivity index (χ0) is 19.4. The van der Waals surface area contributed by atoms with Crippen molar-refractivity contribution < 1.29 is 14.3 Å². The van der Waals surface area contributed by atoms with Gasteiger partial charge in [-0.05, 0) is 36.4 Å². The number of carbonyl (C=O) groups excluding carboxylic acids is 2. The topological polar surface area (TPSA) is 61.9 Å². The van der Waals surface area contributed by atoms with E-state index in [1.54, 1.807) is 26.1 Å². The van der Waals surface area contributed by atoms with Crippen molar-refractivity contribution in [2.75, 3.05) is 39.6 Å². The second-order valence-electron chi connectivity index (χ2n) is 6.94. The van der Waals surface area contributed by atoms with Crippen molar-refractivity contribution in [2.24, 2.45) is 0 Å². The van der Waals surface area contributed by atoms with E-state index in [-0.39, 0.29) is 11.8 Å². The third kappa shape index (κ3) is 4.08. The molecule has 3 rings (SSSR count). The summed E-state index contributed by atoms with van der Waals surface area (Å²) in [5.74, 6) is 0.786. The lowest BCUT2D eigenvalue weighted by atomic mass is 9.85. The summed E-state index contributed by atoms with van der Waals surface area (Å²) in [6.45, 7) is 1.07. The highest BCUT2D eigenvalue weighted by atomic mass is 32.1. The van der Waals surface area contributed by atoms with Crippen LogP contribution in [0, 0.1) is 0 Å². The highest BCUT2D eigenvalue weighted by Crippen LogP contribution is 2.31. The fraction of sp³-hybridized carbons (Fsp3) is 0.400. The number of likely N-dealkylation sites (N-methyl/N-ethyl adjacent to an activating group) is 1. The second-order valence-corrected chi connectivity index (χ2v) is 7.72. The summed E-state index contributed by atoms with van der Waals surface area (Å²) in [5, 5.41) is 7.21. The van der Waals surface area contributed by atoms with Gasteiger partial charge >= 0.3 is 0 Å². The molecule has 1 saturated heterocycles. The van der Waals surface area contributed by atoms with E-state index in [9.17, 15) is 9.59 Å². The van der Waals surface area contributed by atoms with Crippen LogP contribution in [0.2, 0.25) is 0 Å². The number of piperidine rings is 1. The number of ether oxygens (including phenoxy) is 1. The standard InChI is InChI=1S/C20H25N3O3S/c1-22(2)19(25)20(21-16-5-4-6-17(13-16)26-3)8-10-23(11-9-20)18(24)15-7-12-27-14-15/h4-7,12-14,21H,8-11H2,1-3H3. The SMILES string of the molecule is COc1cccc(NC2(C(=O)N(C)C)CCN(C(=O)c3ccsc3)CC2)c1. The molecule has 2 amide bonds. The summed E-state index contributed by atoms with van der Waals surface area (Å²) < 4.78 is 5.29. The molecule has 1 aromatic carbocycles. The van der Waals surface area contributed by atoms with E-state index in [1.807, 2.05) is 46.0 Å². The molecule has 0 saturated carbocycles. The van der Waals surface area contributed by atoms with Gasteiger partial charge in [0.25, 0.3) is 5.91 Å². The Morgan fingerprint density at radius 1 is 1.22 bits per heavy atom. The largest absolute Gasteiger partial charge is 0.497 e. The number of likely N-dealkylation sites (tertiary alicyclic amines) is 1. The molecule has 0 spiro atoms. The van der Waals surface area contributed by atoms with Crippen LogP contribution in [-0.2, 0) is 4.79 Å². The van der Waals surface area contributed by atoms with E-state index in [0.29, 0.717) is 31.5 Å². The summed E-state index contributed by atoms with van der Waals surface area (Å²) in [5.41, 5.74) is 0.815. The van der Waals surface area contributed by atoms with Crippen molar-refractivity contribution in [3.63, 3.8) is 0 Å². The summed E-state index contributed by atoms with van der Waals surface area (Å²) in [7, 11) is 5.15. The predicted molar refractivity (Wildman–Crippen MR) is 107 cm³/mol. The molecule has 27 heavy (non-hydrogen) atoms. The van der Waals surface area contributed by atoms with Crippen LogP contribution in [0.1, 0.15) is 23.2 Å². The maximum absolute atomic E-state index is 13.0. The maximum atomic E-state index is 13.0.